The van der Waals surface area contributed by atoms with Crippen LogP contribution in [0.2, 0.25) is 0 Å². The van der Waals surface area contributed by atoms with Crippen LogP contribution in [-0.4, -0.2) is 24.0 Å². The molecular formula is C21H23F6NO. The smallest absolute Gasteiger partial charge is 0.369 e. The molecule has 0 saturated carbocycles. The van der Waals surface area contributed by atoms with Gasteiger partial charge in [-0.25, -0.2) is 0 Å². The highest BCUT2D eigenvalue weighted by atomic mass is 19.4. The van der Waals surface area contributed by atoms with E-state index in [4.69, 9.17) is 0 Å². The van der Waals surface area contributed by atoms with E-state index in [1.54, 1.807) is 0 Å². The van der Waals surface area contributed by atoms with Gasteiger partial charge in [0.05, 0.1) is 0 Å². The Morgan fingerprint density at radius 2 is 1.34 bits per heavy atom. The summed E-state index contributed by atoms with van der Waals surface area (Å²) in [6.45, 7) is 4.98. The van der Waals surface area contributed by atoms with Gasteiger partial charge >= 0.3 is 12.4 Å². The lowest BCUT2D eigenvalue weighted by atomic mass is 9.92. The van der Waals surface area contributed by atoms with Gasteiger partial charge in [0.15, 0.2) is 0 Å². The molecule has 2 rings (SSSR count). The van der Waals surface area contributed by atoms with E-state index < -0.39 is 23.5 Å². The minimum absolute atomic E-state index is 0.461. The predicted molar refractivity (Wildman–Crippen MR) is 99.6 cm³/mol. The van der Waals surface area contributed by atoms with Crippen molar-refractivity contribution in [3.63, 3.8) is 0 Å². The van der Waals surface area contributed by atoms with Crippen LogP contribution in [0, 0.1) is 6.92 Å². The number of hydrogen-bond acceptors (Lipinski definition) is 2. The summed E-state index contributed by atoms with van der Waals surface area (Å²) in [5.74, 6) is 0. The fraction of sp³-hybridized carbons (Fsp3) is 0.429. The summed E-state index contributed by atoms with van der Waals surface area (Å²) < 4.78 is 78.3. The quantitative estimate of drug-likeness (QED) is 0.547. The van der Waals surface area contributed by atoms with Crippen LogP contribution in [0.15, 0.2) is 48.5 Å². The molecule has 0 radical (unpaired) electrons. The SMILES string of the molecule is CCCCN(Cc1ccc(C)cc1)c1ccc(C(O)(C(F)(F)F)C(F)(F)F)cc1. The fourth-order valence-corrected chi connectivity index (χ4v) is 2.96. The second kappa shape index (κ2) is 8.65. The maximum atomic E-state index is 13.1. The summed E-state index contributed by atoms with van der Waals surface area (Å²) in [7, 11) is 0. The minimum Gasteiger partial charge on any atom is -0.369 e. The summed E-state index contributed by atoms with van der Waals surface area (Å²) in [6.07, 6.45) is -10.1. The van der Waals surface area contributed by atoms with E-state index in [0.717, 1.165) is 24.0 Å². The average Bonchev–Trinajstić information content (AvgIpc) is 2.64. The lowest BCUT2D eigenvalue weighted by Gasteiger charge is -2.33. The maximum Gasteiger partial charge on any atom is 0.430 e. The van der Waals surface area contributed by atoms with Crippen LogP contribution in [0.25, 0.3) is 0 Å². The Balaban J connectivity index is 2.35. The fourth-order valence-electron chi connectivity index (χ4n) is 2.96. The third-order valence-electron chi connectivity index (χ3n) is 4.75. The van der Waals surface area contributed by atoms with Gasteiger partial charge in [0.25, 0.3) is 5.60 Å². The third-order valence-corrected chi connectivity index (χ3v) is 4.75. The van der Waals surface area contributed by atoms with Crippen LogP contribution < -0.4 is 4.90 Å². The van der Waals surface area contributed by atoms with Crippen molar-refractivity contribution in [2.75, 3.05) is 11.4 Å². The summed E-state index contributed by atoms with van der Waals surface area (Å²) in [4.78, 5) is 1.89. The van der Waals surface area contributed by atoms with E-state index in [1.165, 1.54) is 12.1 Å². The third kappa shape index (κ3) is 5.04. The molecule has 160 valence electrons. The molecule has 0 heterocycles. The molecule has 29 heavy (non-hydrogen) atoms. The highest BCUT2D eigenvalue weighted by Crippen LogP contribution is 2.50. The zero-order valence-corrected chi connectivity index (χ0v) is 16.1. The number of nitrogens with zero attached hydrogens (tertiary/aromatic N) is 1. The van der Waals surface area contributed by atoms with E-state index in [2.05, 4.69) is 0 Å². The summed E-state index contributed by atoms with van der Waals surface area (Å²) >= 11 is 0. The molecule has 2 nitrogen and oxygen atoms in total. The van der Waals surface area contributed by atoms with Gasteiger partial charge in [0.2, 0.25) is 0 Å². The van der Waals surface area contributed by atoms with Crippen LogP contribution in [0.5, 0.6) is 0 Å². The van der Waals surface area contributed by atoms with Gasteiger partial charge in [0, 0.05) is 24.3 Å². The predicted octanol–water partition coefficient (Wildman–Crippen LogP) is 6.11. The van der Waals surface area contributed by atoms with Gasteiger partial charge in [-0.15, -0.1) is 0 Å². The molecule has 0 fully saturated rings. The first kappa shape index (κ1) is 23.1. The Kier molecular flexibility index (Phi) is 6.88. The average molecular weight is 419 g/mol. The Morgan fingerprint density at radius 1 is 0.828 bits per heavy atom. The number of aryl methyl sites for hydroxylation is 1. The molecule has 0 amide bonds. The van der Waals surface area contributed by atoms with Crippen LogP contribution in [0.4, 0.5) is 32.0 Å². The molecule has 0 bridgehead atoms. The number of benzene rings is 2. The minimum atomic E-state index is -5.89. The zero-order valence-electron chi connectivity index (χ0n) is 16.1. The van der Waals surface area contributed by atoms with Gasteiger partial charge in [-0.3, -0.25) is 0 Å². The van der Waals surface area contributed by atoms with Crippen LogP contribution >= 0.6 is 0 Å². The molecule has 0 unspecified atom stereocenters. The monoisotopic (exact) mass is 419 g/mol. The first-order valence-electron chi connectivity index (χ1n) is 9.17. The number of unbranched alkanes of at least 4 members (excludes halogenated alkanes) is 1. The van der Waals surface area contributed by atoms with Crippen molar-refractivity contribution in [1.82, 2.24) is 0 Å². The van der Waals surface area contributed by atoms with Crippen molar-refractivity contribution in [3.8, 4) is 0 Å². The number of hydrogen-bond donors (Lipinski definition) is 1. The lowest BCUT2D eigenvalue weighted by molar-refractivity contribution is -0.376. The summed E-state index contributed by atoms with van der Waals surface area (Å²) in [6, 6.07) is 11.5. The molecule has 1 N–H and O–H groups in total. The summed E-state index contributed by atoms with van der Waals surface area (Å²) in [5.41, 5.74) is -3.64. The number of halogens is 6. The number of anilines is 1. The van der Waals surface area contributed by atoms with E-state index in [0.29, 0.717) is 30.9 Å². The van der Waals surface area contributed by atoms with Gasteiger partial charge in [-0.2, -0.15) is 26.3 Å². The molecule has 8 heteroatoms. The number of aliphatic hydroxyl groups is 1. The Labute approximate surface area is 165 Å². The molecule has 0 aliphatic heterocycles. The van der Waals surface area contributed by atoms with Crippen molar-refractivity contribution >= 4 is 5.69 Å². The number of alkyl halides is 6. The second-order valence-corrected chi connectivity index (χ2v) is 7.01. The second-order valence-electron chi connectivity index (χ2n) is 7.01. The van der Waals surface area contributed by atoms with Gasteiger partial charge in [-0.05, 0) is 31.0 Å². The van der Waals surface area contributed by atoms with Gasteiger partial charge in [-0.1, -0.05) is 55.3 Å². The largest absolute Gasteiger partial charge is 0.430 e. The molecule has 0 aliphatic rings. The molecule has 2 aromatic carbocycles. The molecular weight excluding hydrogens is 396 g/mol. The molecule has 0 aromatic heterocycles. The highest BCUT2D eigenvalue weighted by molar-refractivity contribution is 5.49. The van der Waals surface area contributed by atoms with Crippen LogP contribution in [0.1, 0.15) is 36.5 Å². The van der Waals surface area contributed by atoms with Crippen molar-refractivity contribution in [3.05, 3.63) is 65.2 Å². The molecule has 0 aliphatic carbocycles. The topological polar surface area (TPSA) is 23.5 Å². The van der Waals surface area contributed by atoms with Crippen molar-refractivity contribution in [2.45, 2.75) is 51.2 Å². The normalized spacial score (nSPS) is 12.9. The summed E-state index contributed by atoms with van der Waals surface area (Å²) in [5, 5.41) is 9.52. The first-order valence-corrected chi connectivity index (χ1v) is 9.17. The van der Waals surface area contributed by atoms with Crippen molar-refractivity contribution in [2.24, 2.45) is 0 Å². The van der Waals surface area contributed by atoms with E-state index in [9.17, 15) is 31.4 Å². The van der Waals surface area contributed by atoms with Crippen LogP contribution in [0.3, 0.4) is 0 Å². The zero-order chi connectivity index (χ0) is 21.9. The molecule has 2 aromatic rings. The number of rotatable bonds is 7. The van der Waals surface area contributed by atoms with Crippen LogP contribution in [-0.2, 0) is 12.1 Å². The van der Waals surface area contributed by atoms with Gasteiger partial charge < -0.3 is 10.0 Å². The Bertz CT molecular complexity index is 767. The van der Waals surface area contributed by atoms with Crippen molar-refractivity contribution in [1.29, 1.82) is 0 Å². The lowest BCUT2D eigenvalue weighted by Crippen LogP contribution is -2.53. The Morgan fingerprint density at radius 3 is 1.79 bits per heavy atom. The van der Waals surface area contributed by atoms with Crippen molar-refractivity contribution < 1.29 is 31.4 Å². The van der Waals surface area contributed by atoms with E-state index in [-0.39, 0.29) is 0 Å². The highest BCUT2D eigenvalue weighted by Gasteiger charge is 2.71. The van der Waals surface area contributed by atoms with E-state index in [1.807, 2.05) is 43.0 Å². The van der Waals surface area contributed by atoms with Gasteiger partial charge in [0.1, 0.15) is 0 Å². The molecule has 0 saturated heterocycles. The molecule has 0 atom stereocenters. The van der Waals surface area contributed by atoms with E-state index >= 15 is 0 Å². The first-order chi connectivity index (χ1) is 13.4. The molecule has 0 spiro atoms. The Hall–Kier alpha value is -2.22. The standard InChI is InChI=1S/C21H23F6NO/c1-3-4-13-28(14-16-7-5-15(2)6-8-16)18-11-9-17(10-12-18)19(29,20(22,23)24)21(25,26)27/h5-12,29H,3-4,13-14H2,1-2H3. The maximum absolute atomic E-state index is 13.1.